The molecule has 1 heterocycles. The van der Waals surface area contributed by atoms with Crippen LogP contribution in [0.25, 0.3) is 33.4 Å². The van der Waals surface area contributed by atoms with Crippen molar-refractivity contribution in [3.8, 4) is 28.2 Å². The monoisotopic (exact) mass is 448 g/mol. The summed E-state index contributed by atoms with van der Waals surface area (Å²) < 4.78 is 5.88. The maximum absolute atomic E-state index is 12.6. The van der Waals surface area contributed by atoms with Gasteiger partial charge in [0.2, 0.25) is 0 Å². The molecule has 0 fully saturated rings. The molecule has 1 aliphatic heterocycles. The molecule has 0 saturated carbocycles. The van der Waals surface area contributed by atoms with E-state index in [4.69, 9.17) is 21.7 Å². The maximum atomic E-state index is 12.6. The third kappa shape index (κ3) is 4.18. The molecule has 0 atom stereocenters. The zero-order chi connectivity index (χ0) is 22.8. The van der Waals surface area contributed by atoms with Gasteiger partial charge in [-0.3, -0.25) is 9.59 Å². The molecule has 7 nitrogen and oxygen atoms in total. The molecule has 4 N–H and O–H groups in total. The van der Waals surface area contributed by atoms with Gasteiger partial charge in [0.25, 0.3) is 0 Å². The Morgan fingerprint density at radius 2 is 1.84 bits per heavy atom. The molecular formula is C24H20N2O5S. The Bertz CT molecular complexity index is 1380. The highest BCUT2D eigenvalue weighted by Gasteiger charge is 2.21. The number of anilines is 1. The fourth-order valence-electron chi connectivity index (χ4n) is 3.63. The van der Waals surface area contributed by atoms with Gasteiger partial charge in [0.1, 0.15) is 17.1 Å². The van der Waals surface area contributed by atoms with Crippen LogP contribution in [-0.4, -0.2) is 34.3 Å². The molecule has 0 aromatic heterocycles. The van der Waals surface area contributed by atoms with Crippen molar-refractivity contribution in [1.29, 1.82) is 0 Å². The molecule has 0 bridgehead atoms. The number of carbonyl (C=O) groups is 1. The van der Waals surface area contributed by atoms with E-state index < -0.39 is 0 Å². The van der Waals surface area contributed by atoms with E-state index in [2.05, 4.69) is 10.6 Å². The third-order valence-electron chi connectivity index (χ3n) is 5.00. The molecule has 4 rings (SSSR count). The van der Waals surface area contributed by atoms with E-state index in [0.717, 1.165) is 5.56 Å². The lowest BCUT2D eigenvalue weighted by Gasteiger charge is -2.18. The number of carbonyl (C=O) groups excluding carboxylic acids is 1. The number of phenolic OH excluding ortho intramolecular Hbond substituents is 1. The SMILES string of the molecule is CC(=O)c1cc(NC(=S)NCCO)ccc1-c1c2ccc(=O)cc-2oc2cc(O)ccc12. The lowest BCUT2D eigenvalue weighted by Crippen LogP contribution is -2.30. The van der Waals surface area contributed by atoms with Crippen molar-refractivity contribution in [3.05, 3.63) is 70.4 Å². The Kier molecular flexibility index (Phi) is 5.89. The molecule has 2 aromatic rings. The number of thiocarbonyl (C=S) groups is 1. The number of benzene rings is 3. The molecular weight excluding hydrogens is 428 g/mol. The van der Waals surface area contributed by atoms with Crippen molar-refractivity contribution in [2.75, 3.05) is 18.5 Å². The van der Waals surface area contributed by atoms with Gasteiger partial charge in [-0.05, 0) is 61.1 Å². The predicted molar refractivity (Wildman–Crippen MR) is 128 cm³/mol. The number of rotatable bonds is 5. The molecule has 0 saturated heterocycles. The van der Waals surface area contributed by atoms with Crippen molar-refractivity contribution in [3.63, 3.8) is 0 Å². The lowest BCUT2D eigenvalue weighted by molar-refractivity contribution is 0.101. The second-order valence-electron chi connectivity index (χ2n) is 7.24. The predicted octanol–water partition coefficient (Wildman–Crippen LogP) is 3.75. The van der Waals surface area contributed by atoms with Crippen LogP contribution < -0.4 is 16.1 Å². The van der Waals surface area contributed by atoms with Crippen molar-refractivity contribution in [2.24, 2.45) is 0 Å². The standard InChI is InChI=1S/C24H20N2O5S/c1-13(28)20-10-14(26-24(32)25-8-9-27)2-5-17(20)23-18-6-3-15(29)11-21(18)31-22-12-16(30)4-7-19(22)23/h2-7,10-12,27,29H,8-9H2,1H3,(H2,25,26,32). The fourth-order valence-corrected chi connectivity index (χ4v) is 3.85. The van der Waals surface area contributed by atoms with Gasteiger partial charge in [0, 0.05) is 46.4 Å². The van der Waals surface area contributed by atoms with Crippen LogP contribution in [0, 0.1) is 0 Å². The molecule has 0 radical (unpaired) electrons. The van der Waals surface area contributed by atoms with E-state index >= 15 is 0 Å². The highest BCUT2D eigenvalue weighted by molar-refractivity contribution is 7.80. The summed E-state index contributed by atoms with van der Waals surface area (Å²) in [7, 11) is 0. The first kappa shape index (κ1) is 21.5. The van der Waals surface area contributed by atoms with E-state index in [0.29, 0.717) is 50.8 Å². The molecule has 2 aromatic carbocycles. The van der Waals surface area contributed by atoms with Crippen LogP contribution in [0.4, 0.5) is 5.69 Å². The first-order valence-corrected chi connectivity index (χ1v) is 10.3. The topological polar surface area (TPSA) is 112 Å². The largest absolute Gasteiger partial charge is 0.508 e. The van der Waals surface area contributed by atoms with Crippen LogP contribution in [0.1, 0.15) is 17.3 Å². The summed E-state index contributed by atoms with van der Waals surface area (Å²) in [6.45, 7) is 1.73. The zero-order valence-corrected chi connectivity index (χ0v) is 18.0. The minimum atomic E-state index is -0.207. The van der Waals surface area contributed by atoms with Crippen LogP contribution in [0.5, 0.6) is 5.75 Å². The quantitative estimate of drug-likeness (QED) is 0.208. The number of aliphatic hydroxyl groups is 1. The molecule has 1 aliphatic carbocycles. The van der Waals surface area contributed by atoms with Crippen LogP contribution >= 0.6 is 12.2 Å². The van der Waals surface area contributed by atoms with Crippen LogP contribution in [0.2, 0.25) is 0 Å². The summed E-state index contributed by atoms with van der Waals surface area (Å²) in [5.41, 5.74) is 3.31. The van der Waals surface area contributed by atoms with Crippen LogP contribution in [0.15, 0.2) is 63.8 Å². The first-order chi connectivity index (χ1) is 15.4. The average Bonchev–Trinajstić information content (AvgIpc) is 2.76. The molecule has 2 aliphatic rings. The summed E-state index contributed by atoms with van der Waals surface area (Å²) in [5, 5.41) is 25.7. The number of nitrogens with one attached hydrogen (secondary N) is 2. The first-order valence-electron chi connectivity index (χ1n) is 9.88. The number of aromatic hydroxyl groups is 1. The number of phenols is 1. The number of Topliss-reactive ketones (excluding diaryl/α,β-unsaturated/α-hetero) is 1. The molecule has 8 heteroatoms. The smallest absolute Gasteiger partial charge is 0.182 e. The van der Waals surface area contributed by atoms with Gasteiger partial charge in [-0.25, -0.2) is 0 Å². The summed E-state index contributed by atoms with van der Waals surface area (Å²) >= 11 is 5.20. The van der Waals surface area contributed by atoms with Crippen molar-refractivity contribution < 1.29 is 19.4 Å². The summed E-state index contributed by atoms with van der Waals surface area (Å²) in [5.74, 6) is 0.232. The second-order valence-corrected chi connectivity index (χ2v) is 7.64. The number of ketones is 1. The Hall–Kier alpha value is -3.75. The van der Waals surface area contributed by atoms with Gasteiger partial charge >= 0.3 is 0 Å². The van der Waals surface area contributed by atoms with Crippen molar-refractivity contribution >= 4 is 39.8 Å². The number of aliphatic hydroxyl groups excluding tert-OH is 1. The average molecular weight is 449 g/mol. The van der Waals surface area contributed by atoms with Gasteiger partial charge in [0.15, 0.2) is 16.3 Å². The van der Waals surface area contributed by atoms with E-state index in [-0.39, 0.29) is 23.6 Å². The number of hydrogen-bond donors (Lipinski definition) is 4. The molecule has 162 valence electrons. The molecule has 32 heavy (non-hydrogen) atoms. The van der Waals surface area contributed by atoms with Crippen LogP contribution in [-0.2, 0) is 0 Å². The van der Waals surface area contributed by atoms with Crippen molar-refractivity contribution in [2.45, 2.75) is 6.92 Å². The van der Waals surface area contributed by atoms with E-state index in [9.17, 15) is 14.7 Å². The van der Waals surface area contributed by atoms with Crippen LogP contribution in [0.3, 0.4) is 0 Å². The second kappa shape index (κ2) is 8.78. The third-order valence-corrected chi connectivity index (χ3v) is 5.25. The summed E-state index contributed by atoms with van der Waals surface area (Å²) in [6, 6.07) is 14.5. The number of hydrogen-bond acceptors (Lipinski definition) is 6. The number of fused-ring (bicyclic) bond motifs is 2. The van der Waals surface area contributed by atoms with Gasteiger partial charge in [-0.1, -0.05) is 6.07 Å². The summed E-state index contributed by atoms with van der Waals surface area (Å²) in [4.78, 5) is 24.5. The highest BCUT2D eigenvalue weighted by Crippen LogP contribution is 2.42. The minimum absolute atomic E-state index is 0.0278. The lowest BCUT2D eigenvalue weighted by atomic mass is 9.89. The molecule has 0 unspecified atom stereocenters. The van der Waals surface area contributed by atoms with Gasteiger partial charge in [-0.15, -0.1) is 0 Å². The Balaban J connectivity index is 1.94. The normalized spacial score (nSPS) is 10.9. The van der Waals surface area contributed by atoms with E-state index in [1.165, 1.54) is 25.1 Å². The van der Waals surface area contributed by atoms with Gasteiger partial charge in [-0.2, -0.15) is 0 Å². The minimum Gasteiger partial charge on any atom is -0.508 e. The molecule has 0 amide bonds. The van der Waals surface area contributed by atoms with Crippen molar-refractivity contribution in [1.82, 2.24) is 5.32 Å². The maximum Gasteiger partial charge on any atom is 0.182 e. The van der Waals surface area contributed by atoms with Gasteiger partial charge < -0.3 is 25.3 Å². The van der Waals surface area contributed by atoms with E-state index in [1.807, 2.05) is 0 Å². The highest BCUT2D eigenvalue weighted by atomic mass is 32.1. The molecule has 0 spiro atoms. The zero-order valence-electron chi connectivity index (χ0n) is 17.1. The van der Waals surface area contributed by atoms with E-state index in [1.54, 1.807) is 36.4 Å². The summed E-state index contributed by atoms with van der Waals surface area (Å²) in [6.07, 6.45) is 0. The Labute approximate surface area is 188 Å². The fraction of sp³-hybridized carbons (Fsp3) is 0.125. The Morgan fingerprint density at radius 3 is 2.59 bits per heavy atom. The van der Waals surface area contributed by atoms with Gasteiger partial charge in [0.05, 0.1) is 6.61 Å². The Morgan fingerprint density at radius 1 is 1.06 bits per heavy atom.